The highest BCUT2D eigenvalue weighted by Crippen LogP contribution is 2.23. The summed E-state index contributed by atoms with van der Waals surface area (Å²) in [7, 11) is 0. The average Bonchev–Trinajstić information content (AvgIpc) is 2.40. The van der Waals surface area contributed by atoms with Crippen molar-refractivity contribution >= 4 is 29.0 Å². The van der Waals surface area contributed by atoms with Crippen LogP contribution in [0.2, 0.25) is 0 Å². The van der Waals surface area contributed by atoms with Gasteiger partial charge in [-0.15, -0.1) is 12.4 Å². The van der Waals surface area contributed by atoms with E-state index in [0.29, 0.717) is 16.6 Å². The number of nitrogens with zero attached hydrogens (tertiary/aromatic N) is 2. The minimum absolute atomic E-state index is 0. The van der Waals surface area contributed by atoms with Crippen molar-refractivity contribution in [1.82, 2.24) is 9.97 Å². The van der Waals surface area contributed by atoms with E-state index in [2.05, 4.69) is 9.97 Å². The first-order valence-electron chi connectivity index (χ1n) is 5.50. The Labute approximate surface area is 115 Å². The van der Waals surface area contributed by atoms with Crippen molar-refractivity contribution < 1.29 is 4.39 Å². The summed E-state index contributed by atoms with van der Waals surface area (Å²) in [6.45, 7) is 0. The molecule has 2 aromatic heterocycles. The Morgan fingerprint density at radius 1 is 1.00 bits per heavy atom. The van der Waals surface area contributed by atoms with E-state index < -0.39 is 0 Å². The lowest BCUT2D eigenvalue weighted by Crippen LogP contribution is -1.90. The number of nitrogen functional groups attached to an aromatic ring is 1. The molecule has 0 amide bonds. The number of hydrogen-bond acceptors (Lipinski definition) is 3. The molecule has 0 saturated heterocycles. The summed E-state index contributed by atoms with van der Waals surface area (Å²) < 4.78 is 13.7. The van der Waals surface area contributed by atoms with Crippen LogP contribution in [0.5, 0.6) is 0 Å². The fourth-order valence-corrected chi connectivity index (χ4v) is 1.83. The van der Waals surface area contributed by atoms with Crippen LogP contribution in [0.4, 0.5) is 10.1 Å². The molecule has 0 atom stereocenters. The molecule has 0 aliphatic heterocycles. The van der Waals surface area contributed by atoms with Gasteiger partial charge in [0.2, 0.25) is 0 Å². The minimum Gasteiger partial charge on any atom is -0.397 e. The monoisotopic (exact) mass is 275 g/mol. The summed E-state index contributed by atoms with van der Waals surface area (Å²) in [6.07, 6.45) is 3.25. The smallest absolute Gasteiger partial charge is 0.132 e. The fourth-order valence-electron chi connectivity index (χ4n) is 1.83. The number of rotatable bonds is 1. The Hall–Kier alpha value is -2.20. The van der Waals surface area contributed by atoms with Crippen molar-refractivity contribution in [2.45, 2.75) is 0 Å². The van der Waals surface area contributed by atoms with Gasteiger partial charge in [-0.2, -0.15) is 0 Å². The van der Waals surface area contributed by atoms with Gasteiger partial charge in [0.15, 0.2) is 0 Å². The van der Waals surface area contributed by atoms with E-state index in [1.54, 1.807) is 42.7 Å². The number of pyridine rings is 2. The van der Waals surface area contributed by atoms with Crippen molar-refractivity contribution in [2.75, 3.05) is 5.73 Å². The van der Waals surface area contributed by atoms with Gasteiger partial charge >= 0.3 is 0 Å². The predicted octanol–water partition coefficient (Wildman–Crippen LogP) is 3.44. The number of benzene rings is 1. The number of aromatic nitrogens is 2. The van der Waals surface area contributed by atoms with Gasteiger partial charge in [-0.05, 0) is 30.3 Å². The van der Waals surface area contributed by atoms with Gasteiger partial charge in [0.25, 0.3) is 0 Å². The highest BCUT2D eigenvalue weighted by Gasteiger charge is 2.05. The van der Waals surface area contributed by atoms with Crippen LogP contribution in [-0.4, -0.2) is 9.97 Å². The summed E-state index contributed by atoms with van der Waals surface area (Å²) in [5, 5.41) is 0.494. The van der Waals surface area contributed by atoms with Gasteiger partial charge < -0.3 is 5.73 Å². The van der Waals surface area contributed by atoms with Crippen LogP contribution in [0.15, 0.2) is 48.8 Å². The highest BCUT2D eigenvalue weighted by molar-refractivity contribution is 5.85. The molecule has 96 valence electrons. The Morgan fingerprint density at radius 3 is 2.58 bits per heavy atom. The number of halogens is 2. The van der Waals surface area contributed by atoms with Crippen LogP contribution in [0.3, 0.4) is 0 Å². The van der Waals surface area contributed by atoms with Crippen LogP contribution >= 0.6 is 12.4 Å². The molecule has 5 heteroatoms. The minimum atomic E-state index is -0.280. The molecule has 0 fully saturated rings. The summed E-state index contributed by atoms with van der Waals surface area (Å²) >= 11 is 0. The third-order valence-corrected chi connectivity index (χ3v) is 2.75. The Bertz CT molecular complexity index is 713. The van der Waals surface area contributed by atoms with Gasteiger partial charge in [0, 0.05) is 17.1 Å². The molecule has 2 N–H and O–H groups in total. The van der Waals surface area contributed by atoms with Gasteiger partial charge in [-0.1, -0.05) is 6.07 Å². The van der Waals surface area contributed by atoms with Crippen LogP contribution in [-0.2, 0) is 0 Å². The molecule has 0 radical (unpaired) electrons. The standard InChI is InChI=1S/C14H10FN3.ClH/c15-12-2-1-3-14-11(12)6-9(7-17-14)13-5-4-10(16)8-18-13;/h1-8H,16H2;1H. The van der Waals surface area contributed by atoms with Gasteiger partial charge in [-0.3, -0.25) is 9.97 Å². The van der Waals surface area contributed by atoms with Crippen molar-refractivity contribution in [2.24, 2.45) is 0 Å². The van der Waals surface area contributed by atoms with Crippen molar-refractivity contribution in [3.8, 4) is 11.3 Å². The van der Waals surface area contributed by atoms with E-state index in [0.717, 1.165) is 11.3 Å². The lowest BCUT2D eigenvalue weighted by Gasteiger charge is -2.03. The van der Waals surface area contributed by atoms with Gasteiger partial charge in [0.05, 0.1) is 23.1 Å². The molecular formula is C14H11ClFN3. The zero-order valence-electron chi connectivity index (χ0n) is 9.88. The normalized spacial score (nSPS) is 10.2. The molecule has 3 aromatic rings. The van der Waals surface area contributed by atoms with E-state index in [4.69, 9.17) is 5.73 Å². The number of nitrogens with two attached hydrogens (primary N) is 1. The topological polar surface area (TPSA) is 51.8 Å². The maximum atomic E-state index is 13.7. The molecule has 3 nitrogen and oxygen atoms in total. The Balaban J connectivity index is 0.00000133. The van der Waals surface area contributed by atoms with Gasteiger partial charge in [-0.25, -0.2) is 4.39 Å². The van der Waals surface area contributed by atoms with Crippen molar-refractivity contribution in [3.05, 3.63) is 54.6 Å². The van der Waals surface area contributed by atoms with Crippen molar-refractivity contribution in [3.63, 3.8) is 0 Å². The average molecular weight is 276 g/mol. The summed E-state index contributed by atoms with van der Waals surface area (Å²) in [5.74, 6) is -0.280. The van der Waals surface area contributed by atoms with E-state index in [1.807, 2.05) is 0 Å². The quantitative estimate of drug-likeness (QED) is 0.740. The maximum Gasteiger partial charge on any atom is 0.132 e. The maximum absolute atomic E-state index is 13.7. The predicted molar refractivity (Wildman–Crippen MR) is 76.6 cm³/mol. The zero-order valence-corrected chi connectivity index (χ0v) is 10.7. The second kappa shape index (κ2) is 5.20. The third-order valence-electron chi connectivity index (χ3n) is 2.75. The van der Waals surface area contributed by atoms with Crippen LogP contribution in [0.1, 0.15) is 0 Å². The number of anilines is 1. The molecule has 0 spiro atoms. The summed E-state index contributed by atoms with van der Waals surface area (Å²) in [6, 6.07) is 10.1. The van der Waals surface area contributed by atoms with Crippen molar-refractivity contribution in [1.29, 1.82) is 0 Å². The van der Waals surface area contributed by atoms with Crippen LogP contribution in [0, 0.1) is 5.82 Å². The molecule has 3 rings (SSSR count). The van der Waals surface area contributed by atoms with Gasteiger partial charge in [0.1, 0.15) is 5.82 Å². The first-order chi connectivity index (χ1) is 8.74. The van der Waals surface area contributed by atoms with Crippen LogP contribution in [0.25, 0.3) is 22.2 Å². The lowest BCUT2D eigenvalue weighted by molar-refractivity contribution is 0.639. The fraction of sp³-hybridized carbons (Fsp3) is 0. The Morgan fingerprint density at radius 2 is 1.84 bits per heavy atom. The van der Waals surface area contributed by atoms with Crippen LogP contribution < -0.4 is 5.73 Å². The SMILES string of the molecule is Cl.Nc1ccc(-c2cnc3cccc(F)c3c2)nc1. The molecule has 0 aliphatic rings. The number of hydrogen-bond donors (Lipinski definition) is 1. The Kier molecular flexibility index (Phi) is 3.62. The molecule has 0 aliphatic carbocycles. The molecular weight excluding hydrogens is 265 g/mol. The molecule has 1 aromatic carbocycles. The largest absolute Gasteiger partial charge is 0.397 e. The third kappa shape index (κ3) is 2.48. The molecule has 0 unspecified atom stereocenters. The molecule has 0 saturated carbocycles. The highest BCUT2D eigenvalue weighted by atomic mass is 35.5. The van der Waals surface area contributed by atoms with E-state index >= 15 is 0 Å². The number of fused-ring (bicyclic) bond motifs is 1. The van der Waals surface area contributed by atoms with E-state index in [9.17, 15) is 4.39 Å². The second-order valence-electron chi connectivity index (χ2n) is 4.01. The van der Waals surface area contributed by atoms with E-state index in [1.165, 1.54) is 6.07 Å². The summed E-state index contributed by atoms with van der Waals surface area (Å²) in [5.41, 5.74) is 8.31. The molecule has 0 bridgehead atoms. The first kappa shape index (κ1) is 13.2. The zero-order chi connectivity index (χ0) is 12.5. The lowest BCUT2D eigenvalue weighted by atomic mass is 10.1. The summed E-state index contributed by atoms with van der Waals surface area (Å²) in [4.78, 5) is 8.43. The molecule has 2 heterocycles. The first-order valence-corrected chi connectivity index (χ1v) is 5.50. The molecule has 19 heavy (non-hydrogen) atoms. The second-order valence-corrected chi connectivity index (χ2v) is 4.01. The van der Waals surface area contributed by atoms with E-state index in [-0.39, 0.29) is 18.2 Å².